The van der Waals surface area contributed by atoms with Crippen LogP contribution in [0.15, 0.2) is 12.3 Å². The fraction of sp³-hybridized carbons (Fsp3) is 0.778. The van der Waals surface area contributed by atoms with Gasteiger partial charge in [0.05, 0.1) is 4.87 Å². The van der Waals surface area contributed by atoms with Gasteiger partial charge >= 0.3 is 0 Å². The average Bonchev–Trinajstić information content (AvgIpc) is 1.82. The van der Waals surface area contributed by atoms with Crippen LogP contribution in [0.1, 0.15) is 27.7 Å². The molecule has 11 heavy (non-hydrogen) atoms. The molecule has 0 radical (unpaired) electrons. The van der Waals surface area contributed by atoms with Crippen LogP contribution in [0.5, 0.6) is 0 Å². The van der Waals surface area contributed by atoms with Gasteiger partial charge in [0.15, 0.2) is 0 Å². The zero-order valence-electron chi connectivity index (χ0n) is 8.11. The molecule has 0 aliphatic heterocycles. The molecule has 0 saturated heterocycles. The Bertz CT molecular complexity index is 144. The topological polar surface area (TPSA) is 3.24 Å². The minimum Gasteiger partial charge on any atom is -0.375 e. The first-order valence-electron chi connectivity index (χ1n) is 3.88. The Morgan fingerprint density at radius 2 is 1.82 bits per heavy atom. The van der Waals surface area contributed by atoms with E-state index in [-0.39, 0.29) is 4.87 Å². The first-order chi connectivity index (χ1) is 4.76. The van der Waals surface area contributed by atoms with E-state index >= 15 is 0 Å². The van der Waals surface area contributed by atoms with E-state index in [1.807, 2.05) is 20.9 Å². The van der Waals surface area contributed by atoms with E-state index in [9.17, 15) is 0 Å². The molecule has 0 atom stereocenters. The molecule has 0 aliphatic rings. The Kier molecular flexibility index (Phi) is 3.43. The molecule has 0 amide bonds. The van der Waals surface area contributed by atoms with Gasteiger partial charge in [-0.1, -0.05) is 6.58 Å². The van der Waals surface area contributed by atoms with Crippen molar-refractivity contribution >= 4 is 11.6 Å². The van der Waals surface area contributed by atoms with Crippen molar-refractivity contribution in [3.8, 4) is 0 Å². The lowest BCUT2D eigenvalue weighted by molar-refractivity contribution is 0.321. The van der Waals surface area contributed by atoms with Gasteiger partial charge in [0, 0.05) is 18.8 Å². The van der Waals surface area contributed by atoms with Crippen LogP contribution in [-0.4, -0.2) is 22.9 Å². The summed E-state index contributed by atoms with van der Waals surface area (Å²) in [5.41, 5.74) is 0.967. The van der Waals surface area contributed by atoms with Crippen LogP contribution in [0.2, 0.25) is 0 Å². The van der Waals surface area contributed by atoms with E-state index in [2.05, 4.69) is 25.3 Å². The van der Waals surface area contributed by atoms with Crippen LogP contribution < -0.4 is 0 Å². The number of rotatable bonds is 3. The molecule has 0 aromatic heterocycles. The lowest BCUT2D eigenvalue weighted by Gasteiger charge is -2.32. The third kappa shape index (κ3) is 3.15. The van der Waals surface area contributed by atoms with E-state index in [4.69, 9.17) is 11.6 Å². The van der Waals surface area contributed by atoms with Gasteiger partial charge in [-0.25, -0.2) is 0 Å². The molecule has 0 rings (SSSR count). The highest BCUT2D eigenvalue weighted by atomic mass is 35.5. The smallest absolute Gasteiger partial charge is 0.0780 e. The summed E-state index contributed by atoms with van der Waals surface area (Å²) in [6, 6.07) is 0.459. The molecule has 0 heterocycles. The lowest BCUT2D eigenvalue weighted by Crippen LogP contribution is -2.33. The first-order valence-corrected chi connectivity index (χ1v) is 4.25. The maximum absolute atomic E-state index is 6.08. The minimum absolute atomic E-state index is 0.334. The Labute approximate surface area is 75.0 Å². The van der Waals surface area contributed by atoms with Gasteiger partial charge in [-0.2, -0.15) is 0 Å². The fourth-order valence-electron chi connectivity index (χ4n) is 0.731. The zero-order chi connectivity index (χ0) is 9.23. The minimum atomic E-state index is -0.334. The first kappa shape index (κ1) is 10.8. The molecule has 1 nitrogen and oxygen atoms in total. The summed E-state index contributed by atoms with van der Waals surface area (Å²) >= 11 is 6.08. The van der Waals surface area contributed by atoms with E-state index in [0.29, 0.717) is 6.04 Å². The van der Waals surface area contributed by atoms with Gasteiger partial charge in [-0.15, -0.1) is 11.6 Å². The van der Waals surface area contributed by atoms with Crippen LogP contribution in [0.4, 0.5) is 0 Å². The molecule has 0 unspecified atom stereocenters. The standard InChI is InChI=1S/C9H18ClN/c1-7(2)11(6)8(3)9(4,5)10/h7H,3H2,1-2,4-6H3. The van der Waals surface area contributed by atoms with Gasteiger partial charge in [-0.05, 0) is 27.7 Å². The van der Waals surface area contributed by atoms with Crippen LogP contribution in [0, 0.1) is 0 Å². The maximum atomic E-state index is 6.08. The summed E-state index contributed by atoms with van der Waals surface area (Å²) in [7, 11) is 2.01. The summed E-state index contributed by atoms with van der Waals surface area (Å²) in [5, 5.41) is 0. The summed E-state index contributed by atoms with van der Waals surface area (Å²) in [6.07, 6.45) is 0. The second kappa shape index (κ2) is 3.48. The van der Waals surface area contributed by atoms with Gasteiger partial charge in [-0.3, -0.25) is 0 Å². The summed E-state index contributed by atoms with van der Waals surface area (Å²) in [4.78, 5) is 1.76. The predicted molar refractivity (Wildman–Crippen MR) is 52.0 cm³/mol. The van der Waals surface area contributed by atoms with Gasteiger partial charge in [0.25, 0.3) is 0 Å². The molecule has 0 aromatic carbocycles. The Morgan fingerprint density at radius 1 is 1.45 bits per heavy atom. The van der Waals surface area contributed by atoms with Crippen molar-refractivity contribution in [2.24, 2.45) is 0 Å². The molecule has 66 valence electrons. The Balaban J connectivity index is 4.26. The van der Waals surface area contributed by atoms with Crippen molar-refractivity contribution in [3.63, 3.8) is 0 Å². The summed E-state index contributed by atoms with van der Waals surface area (Å²) < 4.78 is 0. The maximum Gasteiger partial charge on any atom is 0.0780 e. The van der Waals surface area contributed by atoms with E-state index in [1.54, 1.807) is 0 Å². The quantitative estimate of drug-likeness (QED) is 0.597. The predicted octanol–water partition coefficient (Wildman–Crippen LogP) is 2.86. The third-order valence-electron chi connectivity index (χ3n) is 1.89. The van der Waals surface area contributed by atoms with E-state index in [1.165, 1.54) is 0 Å². The molecular formula is C9H18ClN. The number of nitrogens with zero attached hydrogens (tertiary/aromatic N) is 1. The number of alkyl halides is 1. The molecule has 0 spiro atoms. The van der Waals surface area contributed by atoms with Gasteiger partial charge in [0.1, 0.15) is 0 Å². The van der Waals surface area contributed by atoms with Crippen LogP contribution in [0.3, 0.4) is 0 Å². The Morgan fingerprint density at radius 3 is 1.91 bits per heavy atom. The average molecular weight is 176 g/mol. The van der Waals surface area contributed by atoms with Crippen molar-refractivity contribution in [2.75, 3.05) is 7.05 Å². The number of hydrogen-bond donors (Lipinski definition) is 0. The number of halogens is 1. The van der Waals surface area contributed by atoms with Gasteiger partial charge in [0.2, 0.25) is 0 Å². The molecule has 0 bridgehead atoms. The highest BCUT2D eigenvalue weighted by Crippen LogP contribution is 2.25. The lowest BCUT2D eigenvalue weighted by atomic mass is 10.1. The van der Waals surface area contributed by atoms with Crippen LogP contribution in [-0.2, 0) is 0 Å². The second-order valence-electron chi connectivity index (χ2n) is 3.62. The summed E-state index contributed by atoms with van der Waals surface area (Å²) in [5.74, 6) is 0. The zero-order valence-corrected chi connectivity index (χ0v) is 8.87. The largest absolute Gasteiger partial charge is 0.375 e. The normalized spacial score (nSPS) is 11.9. The highest BCUT2D eigenvalue weighted by Gasteiger charge is 2.22. The van der Waals surface area contributed by atoms with E-state index < -0.39 is 0 Å². The molecule has 0 aliphatic carbocycles. The molecule has 2 heteroatoms. The summed E-state index contributed by atoms with van der Waals surface area (Å²) in [6.45, 7) is 12.1. The molecule has 0 N–H and O–H groups in total. The third-order valence-corrected chi connectivity index (χ3v) is 2.10. The van der Waals surface area contributed by atoms with Crippen molar-refractivity contribution < 1.29 is 0 Å². The number of hydrogen-bond acceptors (Lipinski definition) is 1. The van der Waals surface area contributed by atoms with Crippen LogP contribution in [0.25, 0.3) is 0 Å². The molecule has 0 saturated carbocycles. The van der Waals surface area contributed by atoms with Crippen molar-refractivity contribution in [2.45, 2.75) is 38.6 Å². The van der Waals surface area contributed by atoms with Crippen molar-refractivity contribution in [1.29, 1.82) is 0 Å². The molecular weight excluding hydrogens is 158 g/mol. The van der Waals surface area contributed by atoms with Crippen molar-refractivity contribution in [1.82, 2.24) is 4.90 Å². The second-order valence-corrected chi connectivity index (χ2v) is 4.57. The number of allylic oxidation sites excluding steroid dienone is 1. The fourth-order valence-corrected chi connectivity index (χ4v) is 0.864. The van der Waals surface area contributed by atoms with Crippen LogP contribution >= 0.6 is 11.6 Å². The molecule has 0 fully saturated rings. The van der Waals surface area contributed by atoms with Crippen molar-refractivity contribution in [3.05, 3.63) is 12.3 Å². The van der Waals surface area contributed by atoms with Gasteiger partial charge < -0.3 is 4.90 Å². The van der Waals surface area contributed by atoms with E-state index in [0.717, 1.165) is 5.70 Å². The molecule has 0 aromatic rings. The highest BCUT2D eigenvalue weighted by molar-refractivity contribution is 6.25. The monoisotopic (exact) mass is 175 g/mol. The Hall–Kier alpha value is -0.170. The SMILES string of the molecule is C=C(N(C)C(C)C)C(C)(C)Cl.